The SMILES string of the molecule is CCCCCc1ccc(COc2ccc(-c3ccc(-c4ccc(CCC)cc4)c(F)c3F)cc2)c(F)c1F. The highest BCUT2D eigenvalue weighted by molar-refractivity contribution is 5.72. The van der Waals surface area contributed by atoms with Crippen LogP contribution in [0, 0.1) is 23.3 Å². The first-order chi connectivity index (χ1) is 18.4. The first-order valence-electron chi connectivity index (χ1n) is 13.2. The molecule has 4 aromatic carbocycles. The Bertz CT molecular complexity index is 1360. The van der Waals surface area contributed by atoms with E-state index >= 15 is 4.39 Å². The summed E-state index contributed by atoms with van der Waals surface area (Å²) in [6, 6.07) is 20.2. The summed E-state index contributed by atoms with van der Waals surface area (Å²) in [4.78, 5) is 0. The summed E-state index contributed by atoms with van der Waals surface area (Å²) in [6.07, 6.45) is 5.25. The van der Waals surface area contributed by atoms with Crippen LogP contribution in [-0.4, -0.2) is 0 Å². The Morgan fingerprint density at radius 1 is 0.526 bits per heavy atom. The van der Waals surface area contributed by atoms with Crippen molar-refractivity contribution in [2.24, 2.45) is 0 Å². The first-order valence-corrected chi connectivity index (χ1v) is 13.2. The van der Waals surface area contributed by atoms with Crippen molar-refractivity contribution in [3.63, 3.8) is 0 Å². The van der Waals surface area contributed by atoms with E-state index in [0.717, 1.165) is 37.7 Å². The number of benzene rings is 4. The normalized spacial score (nSPS) is 11.1. The molecule has 0 amide bonds. The molecule has 4 rings (SSSR count). The van der Waals surface area contributed by atoms with Gasteiger partial charge in [-0.2, -0.15) is 0 Å². The van der Waals surface area contributed by atoms with Crippen molar-refractivity contribution in [3.05, 3.63) is 113 Å². The highest BCUT2D eigenvalue weighted by Gasteiger charge is 2.17. The maximum atomic E-state index is 15.0. The quantitative estimate of drug-likeness (QED) is 0.141. The minimum atomic E-state index is -0.926. The molecule has 0 aliphatic heterocycles. The Balaban J connectivity index is 1.45. The molecule has 0 unspecified atom stereocenters. The zero-order valence-corrected chi connectivity index (χ0v) is 21.8. The monoisotopic (exact) mass is 520 g/mol. The van der Waals surface area contributed by atoms with Crippen LogP contribution in [0.3, 0.4) is 0 Å². The van der Waals surface area contributed by atoms with E-state index in [4.69, 9.17) is 4.74 Å². The van der Waals surface area contributed by atoms with Gasteiger partial charge >= 0.3 is 0 Å². The van der Waals surface area contributed by atoms with Gasteiger partial charge in [-0.25, -0.2) is 17.6 Å². The van der Waals surface area contributed by atoms with Crippen LogP contribution in [0.2, 0.25) is 0 Å². The van der Waals surface area contributed by atoms with Gasteiger partial charge in [0.25, 0.3) is 0 Å². The average molecular weight is 521 g/mol. The van der Waals surface area contributed by atoms with Crippen molar-refractivity contribution in [3.8, 4) is 28.0 Å². The second-order valence-corrected chi connectivity index (χ2v) is 9.52. The van der Waals surface area contributed by atoms with E-state index in [-0.39, 0.29) is 23.3 Å². The number of halogens is 4. The smallest absolute Gasteiger partial charge is 0.167 e. The van der Waals surface area contributed by atoms with E-state index in [1.807, 2.05) is 24.3 Å². The Morgan fingerprint density at radius 3 is 1.66 bits per heavy atom. The molecule has 0 heterocycles. The lowest BCUT2D eigenvalue weighted by molar-refractivity contribution is 0.297. The Kier molecular flexibility index (Phi) is 9.22. The summed E-state index contributed by atoms with van der Waals surface area (Å²) < 4.78 is 64.6. The lowest BCUT2D eigenvalue weighted by Gasteiger charge is -2.12. The standard InChI is InChI=1S/C33H32F4O/c1-3-5-6-8-25-13-14-26(31(35)30(25)34)21-38-27-17-15-24(16-18-27)29-20-19-28(32(36)33(29)37)23-11-9-22(7-4-2)10-12-23/h9-20H,3-8,21H2,1-2H3. The number of unbranched alkanes of at least 4 members (excludes halogenated alkanes) is 2. The van der Waals surface area contributed by atoms with E-state index < -0.39 is 23.3 Å². The second-order valence-electron chi connectivity index (χ2n) is 9.52. The number of hydrogen-bond acceptors (Lipinski definition) is 1. The second kappa shape index (κ2) is 12.8. The van der Waals surface area contributed by atoms with Crippen LogP contribution in [0.15, 0.2) is 72.8 Å². The van der Waals surface area contributed by atoms with Crippen LogP contribution in [-0.2, 0) is 19.4 Å². The summed E-state index contributed by atoms with van der Waals surface area (Å²) in [5, 5.41) is 0. The van der Waals surface area contributed by atoms with Gasteiger partial charge in [-0.1, -0.05) is 93.8 Å². The van der Waals surface area contributed by atoms with Crippen LogP contribution in [0.25, 0.3) is 22.3 Å². The highest BCUT2D eigenvalue weighted by Crippen LogP contribution is 2.32. The molecule has 4 aromatic rings. The molecule has 0 saturated carbocycles. The van der Waals surface area contributed by atoms with Crippen molar-refractivity contribution in [1.82, 2.24) is 0 Å². The zero-order chi connectivity index (χ0) is 27.1. The van der Waals surface area contributed by atoms with Crippen LogP contribution >= 0.6 is 0 Å². The molecule has 5 heteroatoms. The molecule has 0 aliphatic carbocycles. The van der Waals surface area contributed by atoms with E-state index in [0.29, 0.717) is 28.9 Å². The van der Waals surface area contributed by atoms with Gasteiger partial charge in [0.15, 0.2) is 23.3 Å². The molecule has 0 saturated heterocycles. The Morgan fingerprint density at radius 2 is 1.08 bits per heavy atom. The van der Waals surface area contributed by atoms with Crippen LogP contribution in [0.4, 0.5) is 17.6 Å². The van der Waals surface area contributed by atoms with Crippen LogP contribution in [0.5, 0.6) is 5.75 Å². The molecule has 0 spiro atoms. The van der Waals surface area contributed by atoms with Crippen molar-refractivity contribution in [2.45, 2.75) is 59.0 Å². The lowest BCUT2D eigenvalue weighted by Crippen LogP contribution is -2.04. The molecule has 0 N–H and O–H groups in total. The molecule has 0 fully saturated rings. The first kappa shape index (κ1) is 27.4. The molecule has 0 bridgehead atoms. The molecule has 0 radical (unpaired) electrons. The summed E-state index contributed by atoms with van der Waals surface area (Å²) in [6.45, 7) is 4.00. The molecule has 198 valence electrons. The van der Waals surface area contributed by atoms with E-state index in [1.54, 1.807) is 48.5 Å². The van der Waals surface area contributed by atoms with Gasteiger partial charge in [-0.15, -0.1) is 0 Å². The van der Waals surface area contributed by atoms with Crippen molar-refractivity contribution in [1.29, 1.82) is 0 Å². The zero-order valence-electron chi connectivity index (χ0n) is 21.8. The predicted molar refractivity (Wildman–Crippen MR) is 145 cm³/mol. The third-order valence-electron chi connectivity index (χ3n) is 6.74. The minimum absolute atomic E-state index is 0.122. The average Bonchev–Trinajstić information content (AvgIpc) is 2.93. The number of rotatable bonds is 11. The fourth-order valence-corrected chi connectivity index (χ4v) is 4.53. The molecule has 0 aliphatic rings. The summed E-state index contributed by atoms with van der Waals surface area (Å²) in [7, 11) is 0. The molecule has 38 heavy (non-hydrogen) atoms. The Labute approximate surface area is 222 Å². The van der Waals surface area contributed by atoms with Gasteiger partial charge in [0, 0.05) is 16.7 Å². The summed E-state index contributed by atoms with van der Waals surface area (Å²) >= 11 is 0. The number of aryl methyl sites for hydroxylation is 2. The molecule has 1 nitrogen and oxygen atoms in total. The fraction of sp³-hybridized carbons (Fsp3) is 0.273. The van der Waals surface area contributed by atoms with Gasteiger partial charge in [-0.3, -0.25) is 0 Å². The number of ether oxygens (including phenoxy) is 1. The van der Waals surface area contributed by atoms with Crippen molar-refractivity contribution >= 4 is 0 Å². The maximum Gasteiger partial charge on any atom is 0.167 e. The molecular formula is C33H32F4O. The summed E-state index contributed by atoms with van der Waals surface area (Å²) in [5.41, 5.74) is 3.09. The predicted octanol–water partition coefficient (Wildman–Crippen LogP) is 9.84. The summed E-state index contributed by atoms with van der Waals surface area (Å²) in [5.74, 6) is -3.14. The van der Waals surface area contributed by atoms with E-state index in [2.05, 4.69) is 13.8 Å². The van der Waals surface area contributed by atoms with Crippen LogP contribution in [0.1, 0.15) is 56.2 Å². The minimum Gasteiger partial charge on any atom is -0.489 e. The lowest BCUT2D eigenvalue weighted by atomic mass is 9.97. The van der Waals surface area contributed by atoms with Crippen molar-refractivity contribution in [2.75, 3.05) is 0 Å². The van der Waals surface area contributed by atoms with Gasteiger partial charge < -0.3 is 4.74 Å². The topological polar surface area (TPSA) is 9.23 Å². The van der Waals surface area contributed by atoms with Gasteiger partial charge in [0.05, 0.1) is 0 Å². The Hall–Kier alpha value is -3.60. The van der Waals surface area contributed by atoms with Gasteiger partial charge in [0.1, 0.15) is 12.4 Å². The molecule has 0 aromatic heterocycles. The maximum absolute atomic E-state index is 15.0. The van der Waals surface area contributed by atoms with E-state index in [1.165, 1.54) is 0 Å². The fourth-order valence-electron chi connectivity index (χ4n) is 4.53. The third kappa shape index (κ3) is 6.27. The van der Waals surface area contributed by atoms with Gasteiger partial charge in [-0.05, 0) is 53.6 Å². The van der Waals surface area contributed by atoms with Crippen molar-refractivity contribution < 1.29 is 22.3 Å². The van der Waals surface area contributed by atoms with Gasteiger partial charge in [0.2, 0.25) is 0 Å². The number of hydrogen-bond donors (Lipinski definition) is 0. The molecule has 0 atom stereocenters. The molecular weight excluding hydrogens is 488 g/mol. The highest BCUT2D eigenvalue weighted by atomic mass is 19.2. The van der Waals surface area contributed by atoms with E-state index in [9.17, 15) is 13.2 Å². The largest absolute Gasteiger partial charge is 0.489 e. The van der Waals surface area contributed by atoms with Crippen LogP contribution < -0.4 is 4.74 Å². The third-order valence-corrected chi connectivity index (χ3v) is 6.74.